The number of nitrogens with zero attached hydrogens (tertiary/aromatic N) is 2. The van der Waals surface area contributed by atoms with Gasteiger partial charge in [-0.25, -0.2) is 5.48 Å². The molecule has 0 atom stereocenters. The van der Waals surface area contributed by atoms with E-state index in [0.29, 0.717) is 12.5 Å². The lowest BCUT2D eigenvalue weighted by Crippen LogP contribution is -2.23. The van der Waals surface area contributed by atoms with E-state index in [1.807, 2.05) is 27.1 Å². The van der Waals surface area contributed by atoms with Crippen LogP contribution in [-0.4, -0.2) is 22.3 Å². The molecule has 0 aliphatic carbocycles. The van der Waals surface area contributed by atoms with Gasteiger partial charge in [-0.1, -0.05) is 13.8 Å². The molecule has 0 aliphatic heterocycles. The lowest BCUT2D eigenvalue weighted by atomic mass is 10.2. The largest absolute Gasteiger partial charge is 0.275 e. The summed E-state index contributed by atoms with van der Waals surface area (Å²) in [5, 5.41) is 3.98. The first-order valence-electron chi connectivity index (χ1n) is 5.16. The van der Waals surface area contributed by atoms with E-state index in [0.717, 1.165) is 5.56 Å². The third-order valence-electron chi connectivity index (χ3n) is 1.74. The first-order chi connectivity index (χ1) is 7.58. The van der Waals surface area contributed by atoms with Crippen LogP contribution in [0.4, 0.5) is 0 Å². The van der Waals surface area contributed by atoms with Gasteiger partial charge in [-0.05, 0) is 12.0 Å². The maximum absolute atomic E-state index is 11.3. The molecule has 0 aliphatic rings. The molecule has 1 rings (SSSR count). The molecule has 0 spiro atoms. The highest BCUT2D eigenvalue weighted by molar-refractivity contribution is 5.90. The predicted octanol–water partition coefficient (Wildman–Crippen LogP) is 1.14. The summed E-state index contributed by atoms with van der Waals surface area (Å²) >= 11 is 0. The minimum atomic E-state index is -0.274. The Morgan fingerprint density at radius 3 is 3.00 bits per heavy atom. The van der Waals surface area contributed by atoms with Crippen LogP contribution in [0.2, 0.25) is 0 Å². The lowest BCUT2D eigenvalue weighted by Gasteiger charge is -2.05. The number of aryl methyl sites for hydroxylation is 1. The van der Waals surface area contributed by atoms with Gasteiger partial charge < -0.3 is 0 Å². The normalized spacial score (nSPS) is 11.2. The van der Waals surface area contributed by atoms with E-state index < -0.39 is 0 Å². The summed E-state index contributed by atoms with van der Waals surface area (Å²) in [5.74, 6) is 0.118. The molecule has 0 saturated carbocycles. The van der Waals surface area contributed by atoms with Crippen molar-refractivity contribution in [1.29, 1.82) is 0 Å². The number of hydroxylamine groups is 1. The number of amides is 1. The van der Waals surface area contributed by atoms with Crippen LogP contribution in [0.3, 0.4) is 0 Å². The lowest BCUT2D eigenvalue weighted by molar-refractivity contribution is -0.129. The molecule has 0 radical (unpaired) electrons. The van der Waals surface area contributed by atoms with Gasteiger partial charge in [0, 0.05) is 24.9 Å². The number of hydrogen-bond acceptors (Lipinski definition) is 3. The summed E-state index contributed by atoms with van der Waals surface area (Å²) < 4.78 is 1.67. The fourth-order valence-corrected chi connectivity index (χ4v) is 1.01. The van der Waals surface area contributed by atoms with Crippen LogP contribution in [0.5, 0.6) is 0 Å². The molecular formula is C11H17N3O2. The van der Waals surface area contributed by atoms with Gasteiger partial charge >= 0.3 is 0 Å². The zero-order chi connectivity index (χ0) is 12.0. The van der Waals surface area contributed by atoms with Crippen molar-refractivity contribution in [3.8, 4) is 0 Å². The fraction of sp³-hybridized carbons (Fsp3) is 0.455. The van der Waals surface area contributed by atoms with Gasteiger partial charge in [0.15, 0.2) is 0 Å². The van der Waals surface area contributed by atoms with Crippen molar-refractivity contribution in [1.82, 2.24) is 15.3 Å². The Labute approximate surface area is 95.0 Å². The highest BCUT2D eigenvalue weighted by Gasteiger charge is 1.97. The Morgan fingerprint density at radius 2 is 2.44 bits per heavy atom. The number of carbonyl (C=O) groups excluding carboxylic acids is 1. The maximum Gasteiger partial charge on any atom is 0.267 e. The van der Waals surface area contributed by atoms with Crippen molar-refractivity contribution < 1.29 is 9.63 Å². The fourth-order valence-electron chi connectivity index (χ4n) is 1.01. The summed E-state index contributed by atoms with van der Waals surface area (Å²) in [4.78, 5) is 16.2. The summed E-state index contributed by atoms with van der Waals surface area (Å²) in [6, 6.07) is 0. The van der Waals surface area contributed by atoms with Crippen LogP contribution >= 0.6 is 0 Å². The molecule has 5 nitrogen and oxygen atoms in total. The van der Waals surface area contributed by atoms with Crippen LogP contribution in [0.15, 0.2) is 18.5 Å². The molecule has 1 N–H and O–H groups in total. The quantitative estimate of drug-likeness (QED) is 0.601. The van der Waals surface area contributed by atoms with E-state index in [2.05, 4.69) is 10.6 Å². The Bertz CT molecular complexity index is 369. The highest BCUT2D eigenvalue weighted by atomic mass is 16.6. The Kier molecular flexibility index (Phi) is 4.72. The zero-order valence-corrected chi connectivity index (χ0v) is 9.80. The zero-order valence-electron chi connectivity index (χ0n) is 9.80. The van der Waals surface area contributed by atoms with E-state index in [1.54, 1.807) is 17.0 Å². The Morgan fingerprint density at radius 1 is 1.69 bits per heavy atom. The number of carbonyl (C=O) groups is 1. The van der Waals surface area contributed by atoms with Crippen molar-refractivity contribution in [2.45, 2.75) is 13.8 Å². The molecule has 0 unspecified atom stereocenters. The number of hydrogen-bond donors (Lipinski definition) is 1. The molecule has 16 heavy (non-hydrogen) atoms. The molecule has 1 aromatic heterocycles. The van der Waals surface area contributed by atoms with Crippen molar-refractivity contribution in [2.75, 3.05) is 6.61 Å². The third-order valence-corrected chi connectivity index (χ3v) is 1.74. The van der Waals surface area contributed by atoms with Crippen molar-refractivity contribution >= 4 is 12.0 Å². The molecule has 1 aromatic rings. The minimum Gasteiger partial charge on any atom is -0.275 e. The number of nitrogens with one attached hydrogen (secondary N) is 1. The molecular weight excluding hydrogens is 206 g/mol. The highest BCUT2D eigenvalue weighted by Crippen LogP contribution is 1.98. The van der Waals surface area contributed by atoms with E-state index in [4.69, 9.17) is 4.84 Å². The Hall–Kier alpha value is -1.62. The van der Waals surface area contributed by atoms with E-state index in [9.17, 15) is 4.79 Å². The van der Waals surface area contributed by atoms with E-state index in [1.165, 1.54) is 6.08 Å². The third kappa shape index (κ3) is 4.75. The van der Waals surface area contributed by atoms with Gasteiger partial charge in [-0.2, -0.15) is 5.10 Å². The Balaban J connectivity index is 2.31. The summed E-state index contributed by atoms with van der Waals surface area (Å²) in [6.45, 7) is 4.53. The average molecular weight is 223 g/mol. The van der Waals surface area contributed by atoms with Crippen LogP contribution in [-0.2, 0) is 16.7 Å². The van der Waals surface area contributed by atoms with Gasteiger partial charge in [0.25, 0.3) is 5.91 Å². The van der Waals surface area contributed by atoms with Gasteiger partial charge in [-0.3, -0.25) is 14.3 Å². The maximum atomic E-state index is 11.3. The monoisotopic (exact) mass is 223 g/mol. The second-order valence-corrected chi connectivity index (χ2v) is 3.95. The summed E-state index contributed by atoms with van der Waals surface area (Å²) in [7, 11) is 1.82. The molecule has 0 bridgehead atoms. The smallest absolute Gasteiger partial charge is 0.267 e. The topological polar surface area (TPSA) is 56.1 Å². The van der Waals surface area contributed by atoms with E-state index >= 15 is 0 Å². The van der Waals surface area contributed by atoms with E-state index in [-0.39, 0.29) is 5.91 Å². The van der Waals surface area contributed by atoms with Gasteiger partial charge in [0.2, 0.25) is 0 Å². The molecule has 0 saturated heterocycles. The second kappa shape index (κ2) is 6.07. The first kappa shape index (κ1) is 12.4. The first-order valence-corrected chi connectivity index (χ1v) is 5.16. The van der Waals surface area contributed by atoms with Gasteiger partial charge in [0.05, 0.1) is 12.8 Å². The molecule has 88 valence electrons. The average Bonchev–Trinajstić information content (AvgIpc) is 2.61. The standard InChI is InChI=1S/C11H17N3O2/c1-9(2)8-16-13-11(15)5-4-10-6-12-14(3)7-10/h4-7,9H,8H2,1-3H3,(H,13,15)/b5-4+. The summed E-state index contributed by atoms with van der Waals surface area (Å²) in [6.07, 6.45) is 6.59. The molecule has 0 aromatic carbocycles. The predicted molar refractivity (Wildman–Crippen MR) is 61.2 cm³/mol. The SMILES string of the molecule is CC(C)CONC(=O)/C=C/c1cnn(C)c1. The molecule has 0 fully saturated rings. The summed E-state index contributed by atoms with van der Waals surface area (Å²) in [5.41, 5.74) is 3.21. The molecule has 5 heteroatoms. The second-order valence-electron chi connectivity index (χ2n) is 3.95. The number of aromatic nitrogens is 2. The number of rotatable bonds is 5. The van der Waals surface area contributed by atoms with Crippen molar-refractivity contribution in [3.63, 3.8) is 0 Å². The van der Waals surface area contributed by atoms with Gasteiger partial charge in [-0.15, -0.1) is 0 Å². The van der Waals surface area contributed by atoms with Crippen LogP contribution in [0.1, 0.15) is 19.4 Å². The molecule has 1 amide bonds. The minimum absolute atomic E-state index is 0.274. The van der Waals surface area contributed by atoms with Crippen LogP contribution < -0.4 is 5.48 Å². The molecule has 1 heterocycles. The van der Waals surface area contributed by atoms with Crippen LogP contribution in [0.25, 0.3) is 6.08 Å². The van der Waals surface area contributed by atoms with Crippen molar-refractivity contribution in [3.05, 3.63) is 24.0 Å². The van der Waals surface area contributed by atoms with Gasteiger partial charge in [0.1, 0.15) is 0 Å². The van der Waals surface area contributed by atoms with Crippen molar-refractivity contribution in [2.24, 2.45) is 13.0 Å². The van der Waals surface area contributed by atoms with Crippen LogP contribution in [0, 0.1) is 5.92 Å².